The summed E-state index contributed by atoms with van der Waals surface area (Å²) in [5, 5.41) is 5.25. The standard InChI is InChI=1S/C19H24N4O4S/c1-13-7-4-5-10-16(13)17(22-19(20)25)12-18(24)21-14-8-6-9-15(11-14)28(26,27)23(2)3/h4-11,17H,12H2,1-3H3,(H,21,24)(H3,20,22,25). The Balaban J connectivity index is 2.20. The fraction of sp³-hybridized carbons (Fsp3) is 0.263. The summed E-state index contributed by atoms with van der Waals surface area (Å²) < 4.78 is 25.6. The average Bonchev–Trinajstić information content (AvgIpc) is 2.61. The van der Waals surface area contributed by atoms with E-state index in [9.17, 15) is 18.0 Å². The Morgan fingerprint density at radius 1 is 1.11 bits per heavy atom. The Hall–Kier alpha value is -2.91. The largest absolute Gasteiger partial charge is 0.352 e. The van der Waals surface area contributed by atoms with Crippen molar-refractivity contribution in [3.05, 3.63) is 59.7 Å². The van der Waals surface area contributed by atoms with Crippen molar-refractivity contribution in [2.75, 3.05) is 19.4 Å². The van der Waals surface area contributed by atoms with Crippen molar-refractivity contribution in [3.8, 4) is 0 Å². The lowest BCUT2D eigenvalue weighted by atomic mass is 9.98. The number of hydrogen-bond acceptors (Lipinski definition) is 4. The van der Waals surface area contributed by atoms with E-state index < -0.39 is 22.1 Å². The number of amides is 3. The average molecular weight is 404 g/mol. The van der Waals surface area contributed by atoms with Crippen molar-refractivity contribution in [1.82, 2.24) is 9.62 Å². The molecule has 0 aliphatic heterocycles. The number of hydrogen-bond donors (Lipinski definition) is 3. The lowest BCUT2D eigenvalue weighted by Gasteiger charge is -2.20. The van der Waals surface area contributed by atoms with Crippen LogP contribution in [0.15, 0.2) is 53.4 Å². The van der Waals surface area contributed by atoms with Gasteiger partial charge in [-0.15, -0.1) is 0 Å². The molecule has 0 radical (unpaired) electrons. The zero-order chi connectivity index (χ0) is 20.9. The molecule has 2 aromatic carbocycles. The lowest BCUT2D eigenvalue weighted by Crippen LogP contribution is -2.35. The second kappa shape index (κ2) is 8.85. The summed E-state index contributed by atoms with van der Waals surface area (Å²) in [4.78, 5) is 24.0. The summed E-state index contributed by atoms with van der Waals surface area (Å²) in [7, 11) is -0.747. The molecule has 0 fully saturated rings. The maximum Gasteiger partial charge on any atom is 0.312 e. The normalized spacial score (nSPS) is 12.4. The number of carbonyl (C=O) groups excluding carboxylic acids is 2. The SMILES string of the molecule is Cc1ccccc1C(CC(=O)Nc1cccc(S(=O)(=O)N(C)C)c1)NC(N)=O. The molecular weight excluding hydrogens is 380 g/mol. The highest BCUT2D eigenvalue weighted by Gasteiger charge is 2.20. The zero-order valence-corrected chi connectivity index (χ0v) is 16.8. The van der Waals surface area contributed by atoms with E-state index in [0.29, 0.717) is 5.69 Å². The smallest absolute Gasteiger partial charge is 0.312 e. The van der Waals surface area contributed by atoms with Crippen LogP contribution in [0.25, 0.3) is 0 Å². The Morgan fingerprint density at radius 3 is 2.39 bits per heavy atom. The third kappa shape index (κ3) is 5.30. The number of primary amides is 1. The van der Waals surface area contributed by atoms with E-state index in [1.165, 1.54) is 26.2 Å². The van der Waals surface area contributed by atoms with Crippen LogP contribution in [0.5, 0.6) is 0 Å². The molecule has 0 saturated carbocycles. The minimum atomic E-state index is -3.61. The molecule has 2 rings (SSSR count). The second-order valence-electron chi connectivity index (χ2n) is 6.49. The molecule has 0 saturated heterocycles. The van der Waals surface area contributed by atoms with Gasteiger partial charge in [0.1, 0.15) is 0 Å². The van der Waals surface area contributed by atoms with Gasteiger partial charge in [-0.05, 0) is 36.2 Å². The van der Waals surface area contributed by atoms with Crippen molar-refractivity contribution in [2.45, 2.75) is 24.3 Å². The van der Waals surface area contributed by atoms with Crippen LogP contribution >= 0.6 is 0 Å². The van der Waals surface area contributed by atoms with Gasteiger partial charge in [-0.3, -0.25) is 4.79 Å². The van der Waals surface area contributed by atoms with Crippen LogP contribution in [0.1, 0.15) is 23.6 Å². The third-order valence-corrected chi connectivity index (χ3v) is 5.98. The molecule has 0 spiro atoms. The van der Waals surface area contributed by atoms with Gasteiger partial charge in [0.05, 0.1) is 17.4 Å². The number of aryl methyl sites for hydroxylation is 1. The quantitative estimate of drug-likeness (QED) is 0.653. The maximum atomic E-state index is 12.5. The lowest BCUT2D eigenvalue weighted by molar-refractivity contribution is -0.116. The first-order valence-electron chi connectivity index (χ1n) is 8.55. The van der Waals surface area contributed by atoms with Gasteiger partial charge in [0.15, 0.2) is 0 Å². The van der Waals surface area contributed by atoms with Crippen LogP contribution in [0, 0.1) is 6.92 Å². The number of benzene rings is 2. The van der Waals surface area contributed by atoms with Crippen molar-refractivity contribution >= 4 is 27.6 Å². The molecule has 0 bridgehead atoms. The van der Waals surface area contributed by atoms with Gasteiger partial charge in [0.2, 0.25) is 15.9 Å². The third-order valence-electron chi connectivity index (χ3n) is 4.17. The molecule has 1 atom stereocenters. The van der Waals surface area contributed by atoms with Gasteiger partial charge in [0, 0.05) is 19.8 Å². The summed E-state index contributed by atoms with van der Waals surface area (Å²) in [5.74, 6) is -0.388. The number of urea groups is 1. The van der Waals surface area contributed by atoms with Crippen LogP contribution < -0.4 is 16.4 Å². The Kier molecular flexibility index (Phi) is 6.76. The van der Waals surface area contributed by atoms with Crippen molar-refractivity contribution in [1.29, 1.82) is 0 Å². The highest BCUT2D eigenvalue weighted by atomic mass is 32.2. The van der Waals surface area contributed by atoms with E-state index in [1.807, 2.05) is 31.2 Å². The topological polar surface area (TPSA) is 122 Å². The van der Waals surface area contributed by atoms with Gasteiger partial charge in [-0.2, -0.15) is 0 Å². The summed E-state index contributed by atoms with van der Waals surface area (Å²) in [5.41, 5.74) is 7.28. The van der Waals surface area contributed by atoms with E-state index in [4.69, 9.17) is 5.73 Å². The predicted molar refractivity (Wildman–Crippen MR) is 107 cm³/mol. The van der Waals surface area contributed by atoms with Crippen molar-refractivity contribution in [3.63, 3.8) is 0 Å². The maximum absolute atomic E-state index is 12.5. The first-order chi connectivity index (χ1) is 13.1. The van der Waals surface area contributed by atoms with Crippen molar-refractivity contribution in [2.24, 2.45) is 5.73 Å². The summed E-state index contributed by atoms with van der Waals surface area (Å²) in [6.07, 6.45) is -0.0571. The molecule has 2 aromatic rings. The molecule has 0 aliphatic carbocycles. The fourth-order valence-electron chi connectivity index (χ4n) is 2.73. The van der Waals surface area contributed by atoms with Crippen LogP contribution in [-0.2, 0) is 14.8 Å². The number of anilines is 1. The Labute approximate surface area is 164 Å². The second-order valence-corrected chi connectivity index (χ2v) is 8.64. The number of carbonyl (C=O) groups is 2. The van der Waals surface area contributed by atoms with Crippen molar-refractivity contribution < 1.29 is 18.0 Å². The number of nitrogens with zero attached hydrogens (tertiary/aromatic N) is 1. The van der Waals surface area contributed by atoms with E-state index in [1.54, 1.807) is 12.1 Å². The molecule has 0 aromatic heterocycles. The van der Waals surface area contributed by atoms with Gasteiger partial charge < -0.3 is 16.4 Å². The summed E-state index contributed by atoms with van der Waals surface area (Å²) in [6, 6.07) is 12.0. The van der Waals surface area contributed by atoms with Gasteiger partial charge in [-0.1, -0.05) is 30.3 Å². The number of rotatable bonds is 7. The molecule has 8 nitrogen and oxygen atoms in total. The molecule has 3 amide bonds. The Morgan fingerprint density at radius 2 is 1.79 bits per heavy atom. The van der Waals surface area contributed by atoms with E-state index >= 15 is 0 Å². The molecule has 28 heavy (non-hydrogen) atoms. The zero-order valence-electron chi connectivity index (χ0n) is 16.0. The molecule has 1 unspecified atom stereocenters. The number of nitrogens with two attached hydrogens (primary N) is 1. The van der Waals surface area contributed by atoms with Gasteiger partial charge in [0.25, 0.3) is 0 Å². The highest BCUT2D eigenvalue weighted by molar-refractivity contribution is 7.89. The molecule has 9 heteroatoms. The molecule has 4 N–H and O–H groups in total. The molecule has 0 aliphatic rings. The number of nitrogens with one attached hydrogen (secondary N) is 2. The first kappa shape index (κ1) is 21.4. The monoisotopic (exact) mass is 404 g/mol. The van der Waals surface area contributed by atoms with E-state index in [-0.39, 0.29) is 17.2 Å². The van der Waals surface area contributed by atoms with Crippen LogP contribution in [0.4, 0.5) is 10.5 Å². The van der Waals surface area contributed by atoms with Gasteiger partial charge in [-0.25, -0.2) is 17.5 Å². The first-order valence-corrected chi connectivity index (χ1v) is 9.99. The Bertz CT molecular complexity index is 973. The van der Waals surface area contributed by atoms with E-state index in [2.05, 4.69) is 10.6 Å². The summed E-state index contributed by atoms with van der Waals surface area (Å²) >= 11 is 0. The summed E-state index contributed by atoms with van der Waals surface area (Å²) in [6.45, 7) is 1.87. The van der Waals surface area contributed by atoms with Crippen LogP contribution in [0.3, 0.4) is 0 Å². The molecular formula is C19H24N4O4S. The predicted octanol–water partition coefficient (Wildman–Crippen LogP) is 1.98. The van der Waals surface area contributed by atoms with E-state index in [0.717, 1.165) is 15.4 Å². The number of sulfonamides is 1. The van der Waals surface area contributed by atoms with Crippen LogP contribution in [-0.4, -0.2) is 38.8 Å². The molecule has 0 heterocycles. The van der Waals surface area contributed by atoms with Crippen LogP contribution in [0.2, 0.25) is 0 Å². The molecule has 150 valence electrons. The minimum absolute atomic E-state index is 0.0571. The highest BCUT2D eigenvalue weighted by Crippen LogP contribution is 2.22. The fourth-order valence-corrected chi connectivity index (χ4v) is 3.68. The van der Waals surface area contributed by atoms with Gasteiger partial charge >= 0.3 is 6.03 Å². The minimum Gasteiger partial charge on any atom is -0.352 e.